The summed E-state index contributed by atoms with van der Waals surface area (Å²) < 4.78 is 5.84. The highest BCUT2D eigenvalue weighted by atomic mass is 16.5. The number of allylic oxidation sites excluding steroid dienone is 1. The van der Waals surface area contributed by atoms with Crippen LogP contribution in [0, 0.1) is 5.92 Å². The van der Waals surface area contributed by atoms with Gasteiger partial charge in [-0.3, -0.25) is 0 Å². The molecule has 1 heterocycles. The second kappa shape index (κ2) is 7.46. The maximum atomic E-state index is 9.51. The van der Waals surface area contributed by atoms with Crippen LogP contribution in [0.4, 0.5) is 0 Å². The first-order valence-corrected chi connectivity index (χ1v) is 7.94. The first-order valence-electron chi connectivity index (χ1n) is 7.94. The lowest BCUT2D eigenvalue weighted by molar-refractivity contribution is 0.116. The monoisotopic (exact) mass is 298 g/mol. The van der Waals surface area contributed by atoms with Crippen LogP contribution in [-0.2, 0) is 4.74 Å². The van der Waals surface area contributed by atoms with E-state index in [1.54, 1.807) is 12.1 Å². The van der Waals surface area contributed by atoms with E-state index in [1.807, 2.05) is 12.1 Å². The number of phenols is 1. The first kappa shape index (κ1) is 16.6. The lowest BCUT2D eigenvalue weighted by atomic mass is 9.91. The van der Waals surface area contributed by atoms with Crippen molar-refractivity contribution in [2.24, 2.45) is 5.92 Å². The summed E-state index contributed by atoms with van der Waals surface area (Å²) in [6, 6.07) is 7.33. The smallest absolute Gasteiger partial charge is 0.116 e. The fraction of sp³-hybridized carbons (Fsp3) is 0.400. The Labute approximate surface area is 133 Å². The fourth-order valence-electron chi connectivity index (χ4n) is 2.72. The molecule has 1 atom stereocenters. The average molecular weight is 298 g/mol. The minimum atomic E-state index is 0.169. The SMILES string of the molecule is C=C(C1=CCOC1CC/C(C)=C/c1cccc(O)c1)C(C)C. The maximum absolute atomic E-state index is 9.51. The van der Waals surface area contributed by atoms with E-state index in [9.17, 15) is 5.11 Å². The van der Waals surface area contributed by atoms with Crippen LogP contribution in [0.1, 0.15) is 39.2 Å². The van der Waals surface area contributed by atoms with Crippen LogP contribution in [0.5, 0.6) is 5.75 Å². The molecule has 2 rings (SSSR count). The summed E-state index contributed by atoms with van der Waals surface area (Å²) in [6.07, 6.45) is 6.40. The van der Waals surface area contributed by atoms with E-state index in [-0.39, 0.29) is 6.10 Å². The molecule has 118 valence electrons. The minimum Gasteiger partial charge on any atom is -0.508 e. The van der Waals surface area contributed by atoms with Crippen molar-refractivity contribution in [3.8, 4) is 5.75 Å². The second-order valence-corrected chi connectivity index (χ2v) is 6.29. The predicted octanol–water partition coefficient (Wildman–Crippen LogP) is 5.11. The highest BCUT2D eigenvalue weighted by Gasteiger charge is 2.23. The van der Waals surface area contributed by atoms with Gasteiger partial charge >= 0.3 is 0 Å². The average Bonchev–Trinajstić information content (AvgIpc) is 2.92. The van der Waals surface area contributed by atoms with E-state index < -0.39 is 0 Å². The largest absolute Gasteiger partial charge is 0.508 e. The molecule has 1 aliphatic rings. The number of rotatable bonds is 6. The van der Waals surface area contributed by atoms with Gasteiger partial charge in [-0.2, -0.15) is 0 Å². The van der Waals surface area contributed by atoms with Gasteiger partial charge in [-0.05, 0) is 54.5 Å². The van der Waals surface area contributed by atoms with Crippen LogP contribution in [0.2, 0.25) is 0 Å². The van der Waals surface area contributed by atoms with Gasteiger partial charge in [0.15, 0.2) is 0 Å². The predicted molar refractivity (Wildman–Crippen MR) is 92.8 cm³/mol. The summed E-state index contributed by atoms with van der Waals surface area (Å²) in [4.78, 5) is 0. The van der Waals surface area contributed by atoms with Gasteiger partial charge in [-0.15, -0.1) is 0 Å². The van der Waals surface area contributed by atoms with Gasteiger partial charge in [-0.25, -0.2) is 0 Å². The Bertz CT molecular complexity index is 593. The Morgan fingerprint density at radius 2 is 2.23 bits per heavy atom. The topological polar surface area (TPSA) is 29.5 Å². The third kappa shape index (κ3) is 4.35. The van der Waals surface area contributed by atoms with E-state index in [1.165, 1.54) is 16.7 Å². The van der Waals surface area contributed by atoms with Crippen molar-refractivity contribution in [3.05, 3.63) is 59.2 Å². The maximum Gasteiger partial charge on any atom is 0.116 e. The van der Waals surface area contributed by atoms with Crippen molar-refractivity contribution in [1.82, 2.24) is 0 Å². The molecule has 0 saturated carbocycles. The molecule has 0 aliphatic carbocycles. The molecule has 0 aromatic heterocycles. The summed E-state index contributed by atoms with van der Waals surface area (Å²) in [5.41, 5.74) is 4.79. The zero-order valence-electron chi connectivity index (χ0n) is 13.8. The molecule has 1 aromatic carbocycles. The van der Waals surface area contributed by atoms with Gasteiger partial charge in [0.25, 0.3) is 0 Å². The van der Waals surface area contributed by atoms with Crippen molar-refractivity contribution < 1.29 is 9.84 Å². The van der Waals surface area contributed by atoms with E-state index in [0.717, 1.165) is 18.4 Å². The molecule has 0 bridgehead atoms. The van der Waals surface area contributed by atoms with Crippen molar-refractivity contribution in [1.29, 1.82) is 0 Å². The lowest BCUT2D eigenvalue weighted by Gasteiger charge is -2.19. The van der Waals surface area contributed by atoms with Gasteiger partial charge in [0.05, 0.1) is 12.7 Å². The van der Waals surface area contributed by atoms with E-state index >= 15 is 0 Å². The molecule has 1 aliphatic heterocycles. The van der Waals surface area contributed by atoms with Crippen molar-refractivity contribution in [2.75, 3.05) is 6.61 Å². The molecular formula is C20H26O2. The van der Waals surface area contributed by atoms with Gasteiger partial charge in [0.2, 0.25) is 0 Å². The summed E-state index contributed by atoms with van der Waals surface area (Å²) >= 11 is 0. The summed E-state index contributed by atoms with van der Waals surface area (Å²) in [7, 11) is 0. The molecule has 0 spiro atoms. The molecule has 0 fully saturated rings. The normalized spacial score (nSPS) is 18.6. The Balaban J connectivity index is 1.95. The molecule has 2 nitrogen and oxygen atoms in total. The van der Waals surface area contributed by atoms with E-state index in [0.29, 0.717) is 18.3 Å². The molecule has 0 amide bonds. The molecule has 2 heteroatoms. The molecular weight excluding hydrogens is 272 g/mol. The van der Waals surface area contributed by atoms with Crippen molar-refractivity contribution >= 4 is 6.08 Å². The Morgan fingerprint density at radius 1 is 1.45 bits per heavy atom. The minimum absolute atomic E-state index is 0.169. The van der Waals surface area contributed by atoms with Gasteiger partial charge in [0, 0.05) is 0 Å². The molecule has 1 aromatic rings. The van der Waals surface area contributed by atoms with E-state index in [4.69, 9.17) is 4.74 Å². The Kier molecular flexibility index (Phi) is 5.62. The summed E-state index contributed by atoms with van der Waals surface area (Å²) in [6.45, 7) is 11.4. The standard InChI is InChI=1S/C20H26O2/c1-14(2)16(4)19-10-11-22-20(19)9-8-15(3)12-17-6-5-7-18(21)13-17/h5-7,10,12-14,20-21H,4,8-9,11H2,1-3H3/b15-12+. The zero-order valence-corrected chi connectivity index (χ0v) is 13.8. The van der Waals surface area contributed by atoms with Gasteiger partial charge in [-0.1, -0.05) is 50.3 Å². The zero-order chi connectivity index (χ0) is 16.1. The Morgan fingerprint density at radius 3 is 2.91 bits per heavy atom. The number of benzene rings is 1. The molecule has 0 radical (unpaired) electrons. The molecule has 1 N–H and O–H groups in total. The number of aromatic hydroxyl groups is 1. The molecule has 0 saturated heterocycles. The number of hydrogen-bond acceptors (Lipinski definition) is 2. The van der Waals surface area contributed by atoms with Crippen molar-refractivity contribution in [2.45, 2.75) is 39.7 Å². The second-order valence-electron chi connectivity index (χ2n) is 6.29. The number of hydrogen-bond donors (Lipinski definition) is 1. The Hall–Kier alpha value is -1.80. The lowest BCUT2D eigenvalue weighted by Crippen LogP contribution is -2.13. The van der Waals surface area contributed by atoms with Crippen LogP contribution in [-0.4, -0.2) is 17.8 Å². The number of ether oxygens (including phenoxy) is 1. The van der Waals surface area contributed by atoms with Crippen LogP contribution < -0.4 is 0 Å². The molecule has 1 unspecified atom stereocenters. The van der Waals surface area contributed by atoms with Crippen LogP contribution in [0.25, 0.3) is 6.08 Å². The highest BCUT2D eigenvalue weighted by molar-refractivity contribution is 5.54. The van der Waals surface area contributed by atoms with Crippen molar-refractivity contribution in [3.63, 3.8) is 0 Å². The fourth-order valence-corrected chi connectivity index (χ4v) is 2.72. The summed E-state index contributed by atoms with van der Waals surface area (Å²) in [5, 5.41) is 9.51. The third-order valence-corrected chi connectivity index (χ3v) is 4.10. The van der Waals surface area contributed by atoms with E-state index in [2.05, 4.69) is 39.5 Å². The van der Waals surface area contributed by atoms with Gasteiger partial charge in [0.1, 0.15) is 5.75 Å². The highest BCUT2D eigenvalue weighted by Crippen LogP contribution is 2.30. The summed E-state index contributed by atoms with van der Waals surface area (Å²) in [5.74, 6) is 0.763. The van der Waals surface area contributed by atoms with Gasteiger partial charge < -0.3 is 9.84 Å². The quantitative estimate of drug-likeness (QED) is 0.790. The third-order valence-electron chi connectivity index (χ3n) is 4.10. The first-order chi connectivity index (χ1) is 10.5. The molecule has 22 heavy (non-hydrogen) atoms. The van der Waals surface area contributed by atoms with Crippen LogP contribution in [0.3, 0.4) is 0 Å². The van der Waals surface area contributed by atoms with Crippen LogP contribution in [0.15, 0.2) is 53.6 Å². The van der Waals surface area contributed by atoms with Crippen LogP contribution >= 0.6 is 0 Å². The number of phenolic OH excluding ortho intramolecular Hbond substituents is 1.